The average molecular weight is 320 g/mol. The van der Waals surface area contributed by atoms with Gasteiger partial charge in [0.25, 0.3) is 5.89 Å². The number of urea groups is 1. The molecule has 0 saturated carbocycles. The minimum absolute atomic E-state index is 0.124. The van der Waals surface area contributed by atoms with Crippen molar-refractivity contribution >= 4 is 6.03 Å². The minimum Gasteiger partial charge on any atom is -0.336 e. The Labute approximate surface area is 134 Å². The summed E-state index contributed by atoms with van der Waals surface area (Å²) in [6.45, 7) is 4.45. The Morgan fingerprint density at radius 3 is 2.74 bits per heavy atom. The Bertz CT molecular complexity index is 642. The number of nitrogens with zero attached hydrogens (tertiary/aromatic N) is 3. The lowest BCUT2D eigenvalue weighted by Crippen LogP contribution is -2.42. The lowest BCUT2D eigenvalue weighted by molar-refractivity contribution is 0.205. The van der Waals surface area contributed by atoms with E-state index in [4.69, 9.17) is 4.52 Å². The maximum absolute atomic E-state index is 12.9. The third kappa shape index (κ3) is 4.77. The van der Waals surface area contributed by atoms with Gasteiger partial charge in [-0.1, -0.05) is 12.1 Å². The van der Waals surface area contributed by atoms with Crippen LogP contribution < -0.4 is 5.32 Å². The highest BCUT2D eigenvalue weighted by Crippen LogP contribution is 2.17. The molecule has 0 spiro atoms. The van der Waals surface area contributed by atoms with Crippen LogP contribution >= 0.6 is 0 Å². The summed E-state index contributed by atoms with van der Waals surface area (Å²) >= 11 is 0. The molecule has 2 rings (SSSR count). The first-order chi connectivity index (χ1) is 11.0. The van der Waals surface area contributed by atoms with Gasteiger partial charge in [-0.25, -0.2) is 9.18 Å². The highest BCUT2D eigenvalue weighted by atomic mass is 19.1. The summed E-state index contributed by atoms with van der Waals surface area (Å²) in [6, 6.07) is 5.86. The van der Waals surface area contributed by atoms with Crippen molar-refractivity contribution in [3.63, 3.8) is 0 Å². The third-order valence-electron chi connectivity index (χ3n) is 3.56. The van der Waals surface area contributed by atoms with Crippen molar-refractivity contribution in [3.05, 3.63) is 35.9 Å². The highest BCUT2D eigenvalue weighted by Gasteiger charge is 2.13. The second kappa shape index (κ2) is 7.71. The maximum atomic E-state index is 12.9. The molecule has 2 amide bonds. The molecule has 0 aliphatic rings. The van der Waals surface area contributed by atoms with Crippen molar-refractivity contribution in [2.45, 2.75) is 32.7 Å². The van der Waals surface area contributed by atoms with Crippen molar-refractivity contribution < 1.29 is 13.7 Å². The number of benzene rings is 1. The van der Waals surface area contributed by atoms with Gasteiger partial charge in [0, 0.05) is 31.6 Å². The second-order valence-corrected chi connectivity index (χ2v) is 5.45. The molecule has 7 heteroatoms. The van der Waals surface area contributed by atoms with Gasteiger partial charge in [-0.15, -0.1) is 0 Å². The van der Waals surface area contributed by atoms with E-state index in [2.05, 4.69) is 15.5 Å². The van der Waals surface area contributed by atoms with Gasteiger partial charge >= 0.3 is 6.03 Å². The number of rotatable bonds is 6. The van der Waals surface area contributed by atoms with E-state index in [-0.39, 0.29) is 17.9 Å². The first-order valence-electron chi connectivity index (χ1n) is 7.59. The monoisotopic (exact) mass is 320 g/mol. The maximum Gasteiger partial charge on any atom is 0.317 e. The third-order valence-corrected chi connectivity index (χ3v) is 3.56. The summed E-state index contributed by atoms with van der Waals surface area (Å²) < 4.78 is 18.1. The van der Waals surface area contributed by atoms with E-state index in [0.717, 1.165) is 6.42 Å². The average Bonchev–Trinajstić information content (AvgIpc) is 3.02. The quantitative estimate of drug-likeness (QED) is 0.888. The molecule has 1 atom stereocenters. The van der Waals surface area contributed by atoms with Crippen LogP contribution in [0.2, 0.25) is 0 Å². The van der Waals surface area contributed by atoms with Gasteiger partial charge in [0.1, 0.15) is 5.82 Å². The van der Waals surface area contributed by atoms with Crippen molar-refractivity contribution in [2.24, 2.45) is 0 Å². The molecule has 23 heavy (non-hydrogen) atoms. The van der Waals surface area contributed by atoms with Crippen molar-refractivity contribution in [1.82, 2.24) is 20.4 Å². The minimum atomic E-state index is -0.317. The molecule has 0 saturated heterocycles. The zero-order valence-corrected chi connectivity index (χ0v) is 13.5. The number of aromatic nitrogens is 2. The molecule has 0 aliphatic heterocycles. The van der Waals surface area contributed by atoms with Crippen LogP contribution in [0.1, 0.15) is 26.1 Å². The lowest BCUT2D eigenvalue weighted by Gasteiger charge is -2.20. The topological polar surface area (TPSA) is 71.3 Å². The molecule has 6 nitrogen and oxygen atoms in total. The predicted molar refractivity (Wildman–Crippen MR) is 84.3 cm³/mol. The zero-order valence-electron chi connectivity index (χ0n) is 13.5. The molecule has 124 valence electrons. The van der Waals surface area contributed by atoms with Gasteiger partial charge in [-0.2, -0.15) is 4.98 Å². The summed E-state index contributed by atoms with van der Waals surface area (Å²) in [5.74, 6) is 0.529. The van der Waals surface area contributed by atoms with Gasteiger partial charge in [-0.3, -0.25) is 0 Å². The van der Waals surface area contributed by atoms with E-state index in [1.54, 1.807) is 24.1 Å². The van der Waals surface area contributed by atoms with Crippen molar-refractivity contribution in [3.8, 4) is 11.5 Å². The fraction of sp³-hybridized carbons (Fsp3) is 0.438. The fourth-order valence-electron chi connectivity index (χ4n) is 1.86. The van der Waals surface area contributed by atoms with E-state index in [0.29, 0.717) is 30.2 Å². The number of hydrogen-bond acceptors (Lipinski definition) is 4. The zero-order chi connectivity index (χ0) is 16.8. The Kier molecular flexibility index (Phi) is 5.67. The van der Waals surface area contributed by atoms with Crippen LogP contribution in [0.15, 0.2) is 28.8 Å². The molecular formula is C16H21FN4O2. The van der Waals surface area contributed by atoms with Crippen LogP contribution in [-0.4, -0.2) is 40.7 Å². The van der Waals surface area contributed by atoms with Crippen LogP contribution in [0.5, 0.6) is 0 Å². The summed E-state index contributed by atoms with van der Waals surface area (Å²) in [4.78, 5) is 17.8. The Morgan fingerprint density at radius 2 is 2.09 bits per heavy atom. The predicted octanol–water partition coefficient (Wildman–Crippen LogP) is 2.86. The van der Waals surface area contributed by atoms with Gasteiger partial charge in [0.2, 0.25) is 0 Å². The van der Waals surface area contributed by atoms with E-state index in [1.165, 1.54) is 12.1 Å². The summed E-state index contributed by atoms with van der Waals surface area (Å²) in [5, 5.41) is 6.77. The van der Waals surface area contributed by atoms with Crippen LogP contribution in [0.3, 0.4) is 0 Å². The molecule has 1 N–H and O–H groups in total. The second-order valence-electron chi connectivity index (χ2n) is 5.45. The smallest absolute Gasteiger partial charge is 0.317 e. The van der Waals surface area contributed by atoms with Gasteiger partial charge in [0.15, 0.2) is 5.82 Å². The molecule has 1 heterocycles. The lowest BCUT2D eigenvalue weighted by atomic mass is 10.2. The number of carbonyl (C=O) groups excluding carboxylic acids is 1. The molecular weight excluding hydrogens is 299 g/mol. The largest absolute Gasteiger partial charge is 0.336 e. The van der Waals surface area contributed by atoms with Crippen LogP contribution in [-0.2, 0) is 6.42 Å². The molecule has 1 aromatic heterocycles. The summed E-state index contributed by atoms with van der Waals surface area (Å²) in [7, 11) is 1.72. The Balaban J connectivity index is 1.89. The number of amides is 2. The molecule has 1 unspecified atom stereocenters. The van der Waals surface area contributed by atoms with Gasteiger partial charge < -0.3 is 14.7 Å². The van der Waals surface area contributed by atoms with E-state index in [1.807, 2.05) is 13.8 Å². The van der Waals surface area contributed by atoms with E-state index >= 15 is 0 Å². The van der Waals surface area contributed by atoms with E-state index < -0.39 is 0 Å². The summed E-state index contributed by atoms with van der Waals surface area (Å²) in [5.41, 5.74) is 0.660. The van der Waals surface area contributed by atoms with Crippen molar-refractivity contribution in [1.29, 1.82) is 0 Å². The standard InChI is InChI=1S/C16H21FN4O2/c1-4-11(2)18-16(22)21(3)10-9-14-19-15(23-20-14)12-5-7-13(17)8-6-12/h5-8,11H,4,9-10H2,1-3H3,(H,18,22). The normalized spacial score (nSPS) is 12.0. The molecule has 0 fully saturated rings. The van der Waals surface area contributed by atoms with Crippen LogP contribution in [0, 0.1) is 5.82 Å². The summed E-state index contributed by atoms with van der Waals surface area (Å²) in [6.07, 6.45) is 1.36. The molecule has 0 aliphatic carbocycles. The SMILES string of the molecule is CCC(C)NC(=O)N(C)CCc1noc(-c2ccc(F)cc2)n1. The number of carbonyl (C=O) groups is 1. The molecule has 1 aromatic carbocycles. The highest BCUT2D eigenvalue weighted by molar-refractivity contribution is 5.74. The fourth-order valence-corrected chi connectivity index (χ4v) is 1.86. The number of halogens is 1. The van der Waals surface area contributed by atoms with Gasteiger partial charge in [0.05, 0.1) is 0 Å². The van der Waals surface area contributed by atoms with Crippen LogP contribution in [0.25, 0.3) is 11.5 Å². The molecule has 0 radical (unpaired) electrons. The Morgan fingerprint density at radius 1 is 1.39 bits per heavy atom. The first kappa shape index (κ1) is 16.9. The number of nitrogens with one attached hydrogen (secondary N) is 1. The van der Waals surface area contributed by atoms with E-state index in [9.17, 15) is 9.18 Å². The molecule has 0 bridgehead atoms. The number of hydrogen-bond donors (Lipinski definition) is 1. The van der Waals surface area contributed by atoms with Crippen LogP contribution in [0.4, 0.5) is 9.18 Å². The number of likely N-dealkylation sites (N-methyl/N-ethyl adjacent to an activating group) is 1. The Hall–Kier alpha value is -2.44. The first-order valence-corrected chi connectivity index (χ1v) is 7.59. The molecule has 2 aromatic rings. The van der Waals surface area contributed by atoms with Crippen molar-refractivity contribution in [2.75, 3.05) is 13.6 Å². The van der Waals surface area contributed by atoms with Gasteiger partial charge in [-0.05, 0) is 37.6 Å².